The molecule has 2 atom stereocenters. The van der Waals surface area contributed by atoms with E-state index >= 15 is 0 Å². The van der Waals surface area contributed by atoms with Gasteiger partial charge in [-0.05, 0) is 31.5 Å². The first kappa shape index (κ1) is 18.2. The lowest BCUT2D eigenvalue weighted by Crippen LogP contribution is -2.51. The van der Waals surface area contributed by atoms with Crippen LogP contribution in [0.5, 0.6) is 0 Å². The van der Waals surface area contributed by atoms with E-state index in [2.05, 4.69) is 4.72 Å². The molecule has 0 bridgehead atoms. The molecular weight excluding hydrogens is 336 g/mol. The third-order valence-corrected chi connectivity index (χ3v) is 4.19. The van der Waals surface area contributed by atoms with Gasteiger partial charge < -0.3 is 14.7 Å². The second kappa shape index (κ2) is 6.78. The number of hydrogen-bond acceptors (Lipinski definition) is 5. The van der Waals surface area contributed by atoms with E-state index in [1.165, 1.54) is 11.0 Å². The molecule has 0 aromatic heterocycles. The molecule has 1 fully saturated rings. The van der Waals surface area contributed by atoms with Gasteiger partial charge in [-0.1, -0.05) is 6.07 Å². The summed E-state index contributed by atoms with van der Waals surface area (Å²) in [6.45, 7) is 3.63. The van der Waals surface area contributed by atoms with Gasteiger partial charge in [0.05, 0.1) is 24.6 Å². The fourth-order valence-electron chi connectivity index (χ4n) is 2.50. The van der Waals surface area contributed by atoms with E-state index in [0.717, 1.165) is 6.26 Å². The average molecular weight is 356 g/mol. The fourth-order valence-corrected chi connectivity index (χ4v) is 3.12. The van der Waals surface area contributed by atoms with Crippen molar-refractivity contribution < 1.29 is 27.9 Å². The molecule has 0 spiro atoms. The summed E-state index contributed by atoms with van der Waals surface area (Å²) in [5.74, 6) is -1.49. The smallest absolute Gasteiger partial charge is 0.334 e. The number of carbonyl (C=O) groups excluding carboxylic acids is 1. The van der Waals surface area contributed by atoms with Gasteiger partial charge >= 0.3 is 5.97 Å². The van der Waals surface area contributed by atoms with Crippen LogP contribution in [0.1, 0.15) is 22.8 Å². The van der Waals surface area contributed by atoms with Crippen LogP contribution in [0.4, 0.5) is 5.69 Å². The Balaban J connectivity index is 2.26. The van der Waals surface area contributed by atoms with E-state index in [4.69, 9.17) is 9.84 Å². The van der Waals surface area contributed by atoms with Gasteiger partial charge in [0, 0.05) is 12.1 Å². The Hall–Kier alpha value is -2.13. The minimum Gasteiger partial charge on any atom is -0.479 e. The van der Waals surface area contributed by atoms with Gasteiger partial charge in [0.2, 0.25) is 10.0 Å². The molecule has 1 saturated heterocycles. The standard InChI is InChI=1S/C15H20N2O6S/c1-9-4-5-11(6-12(9)16-24(3,21)22)14(18)17-7-10(2)23-13(8-17)15(19)20/h4-6,10,13,16H,7-8H2,1-3H3,(H,19,20)/t10-,13?/m1/s1. The van der Waals surface area contributed by atoms with Crippen LogP contribution >= 0.6 is 0 Å². The minimum absolute atomic E-state index is 0.0543. The lowest BCUT2D eigenvalue weighted by Gasteiger charge is -2.35. The maximum Gasteiger partial charge on any atom is 0.334 e. The number of amides is 1. The van der Waals surface area contributed by atoms with Crippen molar-refractivity contribution in [2.24, 2.45) is 0 Å². The zero-order valence-corrected chi connectivity index (χ0v) is 14.5. The van der Waals surface area contributed by atoms with Crippen LogP contribution < -0.4 is 4.72 Å². The number of aliphatic carboxylic acids is 1. The van der Waals surface area contributed by atoms with Crippen molar-refractivity contribution in [2.45, 2.75) is 26.1 Å². The van der Waals surface area contributed by atoms with E-state index in [1.54, 1.807) is 26.0 Å². The number of morpholine rings is 1. The number of nitrogens with zero attached hydrogens (tertiary/aromatic N) is 1. The number of anilines is 1. The van der Waals surface area contributed by atoms with Gasteiger partial charge in [-0.3, -0.25) is 9.52 Å². The molecule has 9 heteroatoms. The number of benzene rings is 1. The predicted octanol–water partition coefficient (Wildman–Crippen LogP) is 0.681. The van der Waals surface area contributed by atoms with Crippen molar-refractivity contribution in [1.82, 2.24) is 4.90 Å². The van der Waals surface area contributed by atoms with Crippen LogP contribution in [-0.2, 0) is 19.6 Å². The molecule has 1 aliphatic heterocycles. The number of carboxylic acid groups (broad SMARTS) is 1. The van der Waals surface area contributed by atoms with Crippen LogP contribution in [0.3, 0.4) is 0 Å². The number of ether oxygens (including phenoxy) is 1. The molecule has 8 nitrogen and oxygen atoms in total. The van der Waals surface area contributed by atoms with Crippen LogP contribution in [0.15, 0.2) is 18.2 Å². The Morgan fingerprint density at radius 3 is 2.58 bits per heavy atom. The largest absolute Gasteiger partial charge is 0.479 e. The number of rotatable bonds is 4. The van der Waals surface area contributed by atoms with Crippen molar-refractivity contribution in [3.8, 4) is 0 Å². The van der Waals surface area contributed by atoms with Crippen molar-refractivity contribution in [1.29, 1.82) is 0 Å². The molecule has 2 rings (SSSR count). The summed E-state index contributed by atoms with van der Waals surface area (Å²) in [4.78, 5) is 25.2. The predicted molar refractivity (Wildman–Crippen MR) is 87.5 cm³/mol. The van der Waals surface area contributed by atoms with E-state index in [-0.39, 0.29) is 24.6 Å². The van der Waals surface area contributed by atoms with Gasteiger partial charge in [-0.25, -0.2) is 13.2 Å². The summed E-state index contributed by atoms with van der Waals surface area (Å²) in [7, 11) is -3.47. The molecule has 1 aliphatic rings. The molecule has 1 heterocycles. The molecule has 1 unspecified atom stereocenters. The molecule has 1 aromatic rings. The molecule has 132 valence electrons. The Labute approximate surface area is 140 Å². The second-order valence-corrected chi connectivity index (χ2v) is 7.64. The zero-order valence-electron chi connectivity index (χ0n) is 13.6. The number of carbonyl (C=O) groups is 2. The molecule has 1 amide bonds. The minimum atomic E-state index is -3.47. The summed E-state index contributed by atoms with van der Waals surface area (Å²) in [5, 5.41) is 9.09. The number of sulfonamides is 1. The monoisotopic (exact) mass is 356 g/mol. The third kappa shape index (κ3) is 4.45. The van der Waals surface area contributed by atoms with Crippen molar-refractivity contribution in [3.05, 3.63) is 29.3 Å². The van der Waals surface area contributed by atoms with Crippen molar-refractivity contribution in [2.75, 3.05) is 24.1 Å². The number of carboxylic acids is 1. The highest BCUT2D eigenvalue weighted by molar-refractivity contribution is 7.92. The first-order valence-electron chi connectivity index (χ1n) is 7.33. The van der Waals surface area contributed by atoms with Crippen LogP contribution in [0.25, 0.3) is 0 Å². The Morgan fingerprint density at radius 2 is 2.00 bits per heavy atom. The summed E-state index contributed by atoms with van der Waals surface area (Å²) in [6, 6.07) is 4.68. The van der Waals surface area contributed by atoms with E-state index < -0.39 is 28.2 Å². The molecule has 0 saturated carbocycles. The van der Waals surface area contributed by atoms with E-state index in [9.17, 15) is 18.0 Å². The lowest BCUT2D eigenvalue weighted by atomic mass is 10.1. The topological polar surface area (TPSA) is 113 Å². The maximum absolute atomic E-state index is 12.6. The second-order valence-electron chi connectivity index (χ2n) is 5.89. The average Bonchev–Trinajstić information content (AvgIpc) is 2.46. The van der Waals surface area contributed by atoms with Gasteiger partial charge in [0.25, 0.3) is 5.91 Å². The molecule has 0 aliphatic carbocycles. The molecule has 24 heavy (non-hydrogen) atoms. The Morgan fingerprint density at radius 1 is 1.33 bits per heavy atom. The lowest BCUT2D eigenvalue weighted by molar-refractivity contribution is -0.160. The summed E-state index contributed by atoms with van der Waals surface area (Å²) in [6.07, 6.45) is -0.443. The zero-order chi connectivity index (χ0) is 18.1. The van der Waals surface area contributed by atoms with Crippen LogP contribution in [0, 0.1) is 6.92 Å². The Kier molecular flexibility index (Phi) is 5.14. The highest BCUT2D eigenvalue weighted by Gasteiger charge is 2.33. The molecule has 1 aromatic carbocycles. The third-order valence-electron chi connectivity index (χ3n) is 3.60. The number of aryl methyl sites for hydroxylation is 1. The Bertz CT molecular complexity index is 761. The number of nitrogens with one attached hydrogen (secondary N) is 1. The summed E-state index contributed by atoms with van der Waals surface area (Å²) < 4.78 is 30.5. The van der Waals surface area contributed by atoms with Gasteiger partial charge in [0.1, 0.15) is 0 Å². The highest BCUT2D eigenvalue weighted by Crippen LogP contribution is 2.21. The van der Waals surface area contributed by atoms with E-state index in [1.807, 2.05) is 0 Å². The quantitative estimate of drug-likeness (QED) is 0.820. The highest BCUT2D eigenvalue weighted by atomic mass is 32.2. The van der Waals surface area contributed by atoms with Gasteiger partial charge in [-0.15, -0.1) is 0 Å². The van der Waals surface area contributed by atoms with Crippen LogP contribution in [-0.4, -0.2) is 61.9 Å². The summed E-state index contributed by atoms with van der Waals surface area (Å²) >= 11 is 0. The normalized spacial score (nSPS) is 21.4. The molecule has 2 N–H and O–H groups in total. The fraction of sp³-hybridized carbons (Fsp3) is 0.467. The van der Waals surface area contributed by atoms with Crippen molar-refractivity contribution >= 4 is 27.6 Å². The molecular formula is C15H20N2O6S. The molecule has 0 radical (unpaired) electrons. The van der Waals surface area contributed by atoms with Gasteiger partial charge in [0.15, 0.2) is 6.10 Å². The number of hydrogen-bond donors (Lipinski definition) is 2. The van der Waals surface area contributed by atoms with Crippen LogP contribution in [0.2, 0.25) is 0 Å². The SMILES string of the molecule is Cc1ccc(C(=O)N2CC(C(=O)O)O[C@H](C)C2)cc1NS(C)(=O)=O. The first-order valence-corrected chi connectivity index (χ1v) is 9.22. The summed E-state index contributed by atoms with van der Waals surface area (Å²) in [5.41, 5.74) is 1.28. The maximum atomic E-state index is 12.6. The van der Waals surface area contributed by atoms with E-state index in [0.29, 0.717) is 11.3 Å². The van der Waals surface area contributed by atoms with Crippen molar-refractivity contribution in [3.63, 3.8) is 0 Å². The first-order chi connectivity index (χ1) is 11.1. The van der Waals surface area contributed by atoms with Gasteiger partial charge in [-0.2, -0.15) is 0 Å².